The van der Waals surface area contributed by atoms with Crippen LogP contribution in [-0.4, -0.2) is 35.6 Å². The normalized spacial score (nSPS) is 20.9. The number of ether oxygens (including phenoxy) is 1. The molecule has 0 heterocycles. The third kappa shape index (κ3) is 10.3. The van der Waals surface area contributed by atoms with Gasteiger partial charge in [-0.1, -0.05) is 51.4 Å². The minimum atomic E-state index is 0.283. The van der Waals surface area contributed by atoms with Crippen molar-refractivity contribution >= 4 is 0 Å². The molecule has 2 saturated carbocycles. The van der Waals surface area contributed by atoms with Gasteiger partial charge in [0.05, 0.1) is 12.2 Å². The summed E-state index contributed by atoms with van der Waals surface area (Å²) in [4.78, 5) is 0. The van der Waals surface area contributed by atoms with E-state index in [1.165, 1.54) is 64.2 Å². The van der Waals surface area contributed by atoms with E-state index in [2.05, 4.69) is 0 Å². The molecular weight excluding hydrogens is 264 g/mol. The molecule has 0 aromatic heterocycles. The van der Waals surface area contributed by atoms with E-state index in [0.29, 0.717) is 12.2 Å². The SMILES string of the molecule is C1CCC(OC2CCCCC2)CC1.OCCCCCCO. The van der Waals surface area contributed by atoms with Gasteiger partial charge in [-0.3, -0.25) is 0 Å². The van der Waals surface area contributed by atoms with Gasteiger partial charge < -0.3 is 14.9 Å². The van der Waals surface area contributed by atoms with Crippen molar-refractivity contribution in [3.8, 4) is 0 Å². The zero-order valence-corrected chi connectivity index (χ0v) is 13.8. The number of aliphatic hydroxyl groups excluding tert-OH is 2. The smallest absolute Gasteiger partial charge is 0.0578 e. The van der Waals surface area contributed by atoms with Crippen molar-refractivity contribution in [3.05, 3.63) is 0 Å². The van der Waals surface area contributed by atoms with Crippen LogP contribution in [0.2, 0.25) is 0 Å². The van der Waals surface area contributed by atoms with Gasteiger partial charge >= 0.3 is 0 Å². The molecule has 2 N–H and O–H groups in total. The molecular formula is C18H36O3. The summed E-state index contributed by atoms with van der Waals surface area (Å²) in [6.07, 6.45) is 18.9. The molecule has 0 amide bonds. The first-order valence-electron chi connectivity index (χ1n) is 9.24. The van der Waals surface area contributed by atoms with Gasteiger partial charge in [0.15, 0.2) is 0 Å². The molecule has 0 aromatic carbocycles. The van der Waals surface area contributed by atoms with Crippen LogP contribution in [0.3, 0.4) is 0 Å². The molecule has 3 nitrogen and oxygen atoms in total. The lowest BCUT2D eigenvalue weighted by Gasteiger charge is -2.29. The Morgan fingerprint density at radius 2 is 0.952 bits per heavy atom. The number of aliphatic hydroxyl groups is 2. The van der Waals surface area contributed by atoms with Crippen molar-refractivity contribution in [2.75, 3.05) is 13.2 Å². The Morgan fingerprint density at radius 3 is 1.29 bits per heavy atom. The van der Waals surface area contributed by atoms with Gasteiger partial charge in [-0.2, -0.15) is 0 Å². The van der Waals surface area contributed by atoms with Gasteiger partial charge in [-0.25, -0.2) is 0 Å². The maximum atomic E-state index is 8.30. The second kappa shape index (κ2) is 13.5. The monoisotopic (exact) mass is 300 g/mol. The van der Waals surface area contributed by atoms with Crippen LogP contribution in [0.25, 0.3) is 0 Å². The summed E-state index contributed by atoms with van der Waals surface area (Å²) in [5, 5.41) is 16.6. The predicted octanol–water partition coefficient (Wildman–Crippen LogP) is 4.20. The van der Waals surface area contributed by atoms with E-state index in [4.69, 9.17) is 14.9 Å². The van der Waals surface area contributed by atoms with Crippen LogP contribution in [0.5, 0.6) is 0 Å². The molecule has 3 heteroatoms. The minimum absolute atomic E-state index is 0.283. The summed E-state index contributed by atoms with van der Waals surface area (Å²) >= 11 is 0. The highest BCUT2D eigenvalue weighted by atomic mass is 16.5. The van der Waals surface area contributed by atoms with Crippen molar-refractivity contribution in [2.24, 2.45) is 0 Å². The van der Waals surface area contributed by atoms with Crippen LogP contribution in [-0.2, 0) is 4.74 Å². The Kier molecular flexibility index (Phi) is 12.2. The Morgan fingerprint density at radius 1 is 0.571 bits per heavy atom. The van der Waals surface area contributed by atoms with E-state index in [-0.39, 0.29) is 13.2 Å². The van der Waals surface area contributed by atoms with Crippen molar-refractivity contribution in [2.45, 2.75) is 102 Å². The highest BCUT2D eigenvalue weighted by Crippen LogP contribution is 2.26. The largest absolute Gasteiger partial charge is 0.396 e. The van der Waals surface area contributed by atoms with Crippen molar-refractivity contribution in [1.29, 1.82) is 0 Å². The molecule has 0 unspecified atom stereocenters. The van der Waals surface area contributed by atoms with E-state index in [9.17, 15) is 0 Å². The lowest BCUT2D eigenvalue weighted by Crippen LogP contribution is -2.25. The summed E-state index contributed by atoms with van der Waals surface area (Å²) in [7, 11) is 0. The van der Waals surface area contributed by atoms with Gasteiger partial charge in [0.1, 0.15) is 0 Å². The molecule has 0 aliphatic heterocycles. The van der Waals surface area contributed by atoms with Gasteiger partial charge in [0.25, 0.3) is 0 Å². The van der Waals surface area contributed by atoms with Crippen molar-refractivity contribution in [3.63, 3.8) is 0 Å². The first kappa shape index (κ1) is 18.9. The molecule has 0 bridgehead atoms. The highest BCUT2D eigenvalue weighted by molar-refractivity contribution is 4.71. The van der Waals surface area contributed by atoms with Crippen molar-refractivity contribution < 1.29 is 14.9 Å². The van der Waals surface area contributed by atoms with Crippen LogP contribution in [0, 0.1) is 0 Å². The molecule has 2 rings (SSSR count). The molecule has 2 fully saturated rings. The third-order valence-electron chi connectivity index (χ3n) is 4.56. The quantitative estimate of drug-likeness (QED) is 0.693. The summed E-state index contributed by atoms with van der Waals surface area (Å²) < 4.78 is 6.13. The lowest BCUT2D eigenvalue weighted by molar-refractivity contribution is -0.0450. The van der Waals surface area contributed by atoms with Gasteiger partial charge in [-0.05, 0) is 38.5 Å². The zero-order valence-electron chi connectivity index (χ0n) is 13.8. The van der Waals surface area contributed by atoms with Crippen LogP contribution in [0.4, 0.5) is 0 Å². The average Bonchev–Trinajstić information content (AvgIpc) is 2.54. The minimum Gasteiger partial charge on any atom is -0.396 e. The molecule has 0 spiro atoms. The standard InChI is InChI=1S/C12H22O.C6H14O2/c1-3-7-11(8-4-1)13-12-9-5-2-6-10-12;7-5-3-1-2-4-6-8/h11-12H,1-10H2;7-8H,1-6H2. The number of rotatable bonds is 7. The molecule has 2 aliphatic carbocycles. The number of unbranched alkanes of at least 4 members (excludes halogenated alkanes) is 3. The van der Waals surface area contributed by atoms with E-state index in [0.717, 1.165) is 25.7 Å². The van der Waals surface area contributed by atoms with E-state index in [1.807, 2.05) is 0 Å². The molecule has 0 radical (unpaired) electrons. The fraction of sp³-hybridized carbons (Fsp3) is 1.00. The van der Waals surface area contributed by atoms with Gasteiger partial charge in [0.2, 0.25) is 0 Å². The predicted molar refractivity (Wildman–Crippen MR) is 87.5 cm³/mol. The zero-order chi connectivity index (χ0) is 15.2. The van der Waals surface area contributed by atoms with Crippen molar-refractivity contribution in [1.82, 2.24) is 0 Å². The highest BCUT2D eigenvalue weighted by Gasteiger charge is 2.20. The Hall–Kier alpha value is -0.120. The second-order valence-corrected chi connectivity index (χ2v) is 6.52. The maximum absolute atomic E-state index is 8.30. The molecule has 2 aliphatic rings. The molecule has 0 atom stereocenters. The lowest BCUT2D eigenvalue weighted by atomic mass is 9.95. The Balaban J connectivity index is 0.000000240. The topological polar surface area (TPSA) is 49.7 Å². The van der Waals surface area contributed by atoms with Gasteiger partial charge in [-0.15, -0.1) is 0 Å². The third-order valence-corrected chi connectivity index (χ3v) is 4.56. The van der Waals surface area contributed by atoms with E-state index in [1.54, 1.807) is 0 Å². The second-order valence-electron chi connectivity index (χ2n) is 6.52. The fourth-order valence-corrected chi connectivity index (χ4v) is 3.25. The molecule has 0 aromatic rings. The number of hydrogen-bond donors (Lipinski definition) is 2. The molecule has 0 saturated heterocycles. The summed E-state index contributed by atoms with van der Waals surface area (Å²) in [5.74, 6) is 0. The molecule has 126 valence electrons. The number of hydrogen-bond acceptors (Lipinski definition) is 3. The summed E-state index contributed by atoms with van der Waals surface area (Å²) in [5.41, 5.74) is 0. The summed E-state index contributed by atoms with van der Waals surface area (Å²) in [6, 6.07) is 0. The molecule has 21 heavy (non-hydrogen) atoms. The van der Waals surface area contributed by atoms with Crippen LogP contribution >= 0.6 is 0 Å². The Labute approximate surface area is 131 Å². The van der Waals surface area contributed by atoms with Crippen LogP contribution in [0.1, 0.15) is 89.9 Å². The first-order valence-corrected chi connectivity index (χ1v) is 9.24. The first-order chi connectivity index (χ1) is 10.4. The van der Waals surface area contributed by atoms with E-state index < -0.39 is 0 Å². The summed E-state index contributed by atoms with van der Waals surface area (Å²) in [6.45, 7) is 0.566. The Bertz CT molecular complexity index is 187. The van der Waals surface area contributed by atoms with E-state index >= 15 is 0 Å². The average molecular weight is 300 g/mol. The van der Waals surface area contributed by atoms with Crippen LogP contribution in [0.15, 0.2) is 0 Å². The van der Waals surface area contributed by atoms with Gasteiger partial charge in [0, 0.05) is 13.2 Å². The fourth-order valence-electron chi connectivity index (χ4n) is 3.25. The van der Waals surface area contributed by atoms with Crippen LogP contribution < -0.4 is 0 Å². The maximum Gasteiger partial charge on any atom is 0.0578 e.